The number of nitrogens with zero attached hydrogens (tertiary/aromatic N) is 1. The van der Waals surface area contributed by atoms with Crippen LogP contribution in [0.5, 0.6) is 11.5 Å². The molecule has 0 heterocycles. The Hall–Kier alpha value is -3.58. The van der Waals surface area contributed by atoms with Gasteiger partial charge in [0.15, 0.2) is 11.5 Å². The Balaban J connectivity index is 1.83. The summed E-state index contributed by atoms with van der Waals surface area (Å²) in [7, 11) is 1.48. The predicted octanol–water partition coefficient (Wildman–Crippen LogP) is 4.69. The summed E-state index contributed by atoms with van der Waals surface area (Å²) in [6, 6.07) is 26.5. The van der Waals surface area contributed by atoms with Crippen molar-refractivity contribution in [2.45, 2.75) is 12.3 Å². The molecule has 0 saturated carbocycles. The fourth-order valence-corrected chi connectivity index (χ4v) is 2.95. The van der Waals surface area contributed by atoms with Gasteiger partial charge in [0, 0.05) is 12.0 Å². The standard InChI is InChI=1S/C23H19NO3/c1-26-22-14-17(16-24)12-13-21(22)27-23(25)15-20(18-8-4-2-5-9-18)19-10-6-3-7-11-19/h2-14,20H,15H2,1H3. The third kappa shape index (κ3) is 4.53. The van der Waals surface area contributed by atoms with Crippen LogP contribution in [0.25, 0.3) is 0 Å². The van der Waals surface area contributed by atoms with Crippen molar-refractivity contribution in [1.82, 2.24) is 0 Å². The molecule has 3 rings (SSSR count). The van der Waals surface area contributed by atoms with Gasteiger partial charge in [-0.25, -0.2) is 0 Å². The van der Waals surface area contributed by atoms with Gasteiger partial charge >= 0.3 is 5.97 Å². The highest BCUT2D eigenvalue weighted by Crippen LogP contribution is 2.31. The molecule has 27 heavy (non-hydrogen) atoms. The van der Waals surface area contributed by atoms with Crippen molar-refractivity contribution in [3.63, 3.8) is 0 Å². The van der Waals surface area contributed by atoms with E-state index < -0.39 is 0 Å². The highest BCUT2D eigenvalue weighted by molar-refractivity contribution is 5.75. The fourth-order valence-electron chi connectivity index (χ4n) is 2.95. The molecule has 3 aromatic carbocycles. The summed E-state index contributed by atoms with van der Waals surface area (Å²) in [5, 5.41) is 8.99. The summed E-state index contributed by atoms with van der Waals surface area (Å²) >= 11 is 0. The highest BCUT2D eigenvalue weighted by Gasteiger charge is 2.20. The van der Waals surface area contributed by atoms with Gasteiger partial charge in [0.25, 0.3) is 0 Å². The Morgan fingerprint density at radius 3 is 2.04 bits per heavy atom. The molecule has 0 N–H and O–H groups in total. The molecule has 0 aliphatic rings. The van der Waals surface area contributed by atoms with E-state index in [2.05, 4.69) is 0 Å². The van der Waals surface area contributed by atoms with Crippen LogP contribution < -0.4 is 9.47 Å². The molecule has 0 aliphatic heterocycles. The van der Waals surface area contributed by atoms with Crippen LogP contribution in [0, 0.1) is 11.3 Å². The SMILES string of the molecule is COc1cc(C#N)ccc1OC(=O)CC(c1ccccc1)c1ccccc1. The zero-order chi connectivity index (χ0) is 19.1. The average molecular weight is 357 g/mol. The number of hydrogen-bond donors (Lipinski definition) is 0. The molecule has 4 nitrogen and oxygen atoms in total. The minimum absolute atomic E-state index is 0.107. The monoisotopic (exact) mass is 357 g/mol. The number of methoxy groups -OCH3 is 1. The molecule has 3 aromatic rings. The lowest BCUT2D eigenvalue weighted by atomic mass is 9.88. The van der Waals surface area contributed by atoms with Crippen molar-refractivity contribution < 1.29 is 14.3 Å². The molecule has 0 saturated heterocycles. The van der Waals surface area contributed by atoms with E-state index >= 15 is 0 Å². The van der Waals surface area contributed by atoms with E-state index in [4.69, 9.17) is 14.7 Å². The predicted molar refractivity (Wildman–Crippen MR) is 103 cm³/mol. The quantitative estimate of drug-likeness (QED) is 0.474. The number of carbonyl (C=O) groups excluding carboxylic acids is 1. The molecule has 0 radical (unpaired) electrons. The van der Waals surface area contributed by atoms with Crippen LogP contribution >= 0.6 is 0 Å². The first-order valence-corrected chi connectivity index (χ1v) is 8.60. The van der Waals surface area contributed by atoms with Crippen molar-refractivity contribution >= 4 is 5.97 Å². The number of benzene rings is 3. The summed E-state index contributed by atoms with van der Waals surface area (Å²) in [6.07, 6.45) is 0.192. The smallest absolute Gasteiger partial charge is 0.312 e. The summed E-state index contributed by atoms with van der Waals surface area (Å²) in [6.45, 7) is 0. The Kier molecular flexibility index (Phi) is 5.86. The second-order valence-corrected chi connectivity index (χ2v) is 6.03. The molecule has 0 spiro atoms. The molecule has 0 atom stereocenters. The molecule has 0 aliphatic carbocycles. The third-order valence-corrected chi connectivity index (χ3v) is 4.29. The molecule has 4 heteroatoms. The summed E-state index contributed by atoms with van der Waals surface area (Å²) in [5.74, 6) is 0.194. The summed E-state index contributed by atoms with van der Waals surface area (Å²) in [4.78, 5) is 12.6. The lowest BCUT2D eigenvalue weighted by Gasteiger charge is -2.18. The van der Waals surface area contributed by atoms with Crippen LogP contribution in [0.3, 0.4) is 0 Å². The van der Waals surface area contributed by atoms with E-state index in [0.717, 1.165) is 11.1 Å². The van der Waals surface area contributed by atoms with Crippen LogP contribution in [0.1, 0.15) is 29.0 Å². The van der Waals surface area contributed by atoms with Gasteiger partial charge in [0.1, 0.15) is 0 Å². The first-order chi connectivity index (χ1) is 13.2. The summed E-state index contributed by atoms with van der Waals surface area (Å²) in [5.41, 5.74) is 2.54. The zero-order valence-corrected chi connectivity index (χ0v) is 15.0. The number of esters is 1. The van der Waals surface area contributed by atoms with Gasteiger partial charge in [-0.3, -0.25) is 4.79 Å². The highest BCUT2D eigenvalue weighted by atomic mass is 16.6. The van der Waals surface area contributed by atoms with Gasteiger partial charge in [-0.2, -0.15) is 5.26 Å². The third-order valence-electron chi connectivity index (χ3n) is 4.29. The van der Waals surface area contributed by atoms with Crippen molar-refractivity contribution in [3.8, 4) is 17.6 Å². The van der Waals surface area contributed by atoms with Crippen LogP contribution in [0.2, 0.25) is 0 Å². The van der Waals surface area contributed by atoms with E-state index in [1.165, 1.54) is 7.11 Å². The second-order valence-electron chi connectivity index (χ2n) is 6.03. The summed E-state index contributed by atoms with van der Waals surface area (Å²) < 4.78 is 10.8. The van der Waals surface area contributed by atoms with Gasteiger partial charge in [0.2, 0.25) is 0 Å². The second kappa shape index (κ2) is 8.68. The van der Waals surface area contributed by atoms with Crippen molar-refractivity contribution in [3.05, 3.63) is 95.6 Å². The Labute approximate surface area is 158 Å². The van der Waals surface area contributed by atoms with E-state index in [-0.39, 0.29) is 18.3 Å². The van der Waals surface area contributed by atoms with Gasteiger partial charge in [-0.15, -0.1) is 0 Å². The zero-order valence-electron chi connectivity index (χ0n) is 15.0. The molecule has 0 unspecified atom stereocenters. The van der Waals surface area contributed by atoms with Gasteiger partial charge in [0.05, 0.1) is 25.2 Å². The van der Waals surface area contributed by atoms with Gasteiger partial charge in [-0.05, 0) is 23.3 Å². The molecular formula is C23H19NO3. The number of nitriles is 1. The molecule has 134 valence electrons. The first-order valence-electron chi connectivity index (χ1n) is 8.60. The topological polar surface area (TPSA) is 59.3 Å². The Morgan fingerprint density at radius 1 is 0.926 bits per heavy atom. The fraction of sp³-hybridized carbons (Fsp3) is 0.130. The molecule has 0 aromatic heterocycles. The van der Waals surface area contributed by atoms with Crippen LogP contribution in [-0.2, 0) is 4.79 Å². The Morgan fingerprint density at radius 2 is 1.52 bits per heavy atom. The maximum absolute atomic E-state index is 12.6. The van der Waals surface area contributed by atoms with E-state index in [1.807, 2.05) is 66.7 Å². The maximum Gasteiger partial charge on any atom is 0.312 e. The van der Waals surface area contributed by atoms with Gasteiger partial charge in [-0.1, -0.05) is 60.7 Å². The largest absolute Gasteiger partial charge is 0.493 e. The molecule has 0 bridgehead atoms. The minimum Gasteiger partial charge on any atom is -0.493 e. The van der Waals surface area contributed by atoms with Crippen molar-refractivity contribution in [2.75, 3.05) is 7.11 Å². The molecule has 0 fully saturated rings. The number of carbonyl (C=O) groups is 1. The number of rotatable bonds is 6. The van der Waals surface area contributed by atoms with Crippen LogP contribution in [0.15, 0.2) is 78.9 Å². The normalized spacial score (nSPS) is 10.3. The van der Waals surface area contributed by atoms with E-state index in [9.17, 15) is 4.79 Å². The van der Waals surface area contributed by atoms with E-state index in [0.29, 0.717) is 17.1 Å². The van der Waals surface area contributed by atoms with Crippen molar-refractivity contribution in [2.24, 2.45) is 0 Å². The number of ether oxygens (including phenoxy) is 2. The molecule has 0 amide bonds. The van der Waals surface area contributed by atoms with Crippen LogP contribution in [-0.4, -0.2) is 13.1 Å². The average Bonchev–Trinajstić information content (AvgIpc) is 2.73. The maximum atomic E-state index is 12.6. The first kappa shape index (κ1) is 18.2. The van der Waals surface area contributed by atoms with Crippen molar-refractivity contribution in [1.29, 1.82) is 5.26 Å². The van der Waals surface area contributed by atoms with Crippen LogP contribution in [0.4, 0.5) is 0 Å². The Bertz CT molecular complexity index is 907. The molecular weight excluding hydrogens is 338 g/mol. The lowest BCUT2D eigenvalue weighted by molar-refractivity contribution is -0.134. The van der Waals surface area contributed by atoms with E-state index in [1.54, 1.807) is 18.2 Å². The van der Waals surface area contributed by atoms with Gasteiger partial charge < -0.3 is 9.47 Å². The lowest BCUT2D eigenvalue weighted by Crippen LogP contribution is -2.14. The minimum atomic E-state index is -0.365. The number of hydrogen-bond acceptors (Lipinski definition) is 4.